The first-order valence-corrected chi connectivity index (χ1v) is 19.8. The summed E-state index contributed by atoms with van der Waals surface area (Å²) < 4.78 is 93.0. The maximum absolute atomic E-state index is 14.3. The predicted octanol–water partition coefficient (Wildman–Crippen LogP) is 7.64. The van der Waals surface area contributed by atoms with Gasteiger partial charge in [-0.2, -0.15) is 0 Å². The molecule has 256 valence electrons. The highest BCUT2D eigenvalue weighted by Gasteiger charge is 2.44. The van der Waals surface area contributed by atoms with Crippen LogP contribution in [0, 0.1) is 6.92 Å². The quantitative estimate of drug-likeness (QED) is 0.137. The summed E-state index contributed by atoms with van der Waals surface area (Å²) in [6, 6.07) is 30.6. The molecule has 5 rings (SSSR count). The Hall–Kier alpha value is -4.45. The van der Waals surface area contributed by atoms with Crippen molar-refractivity contribution >= 4 is 29.5 Å². The normalized spacial score (nSPS) is 12.8. The molecule has 8 nitrogen and oxygen atoms in total. The summed E-state index contributed by atoms with van der Waals surface area (Å²) in [5, 5.41) is 0. The Kier molecular flexibility index (Phi) is 9.59. The second-order valence-electron chi connectivity index (χ2n) is 12.7. The van der Waals surface area contributed by atoms with E-state index in [-0.39, 0.29) is 29.4 Å². The molecule has 0 fully saturated rings. The van der Waals surface area contributed by atoms with Gasteiger partial charge in [-0.05, 0) is 111 Å². The van der Waals surface area contributed by atoms with Crippen molar-refractivity contribution in [1.29, 1.82) is 0 Å². The fourth-order valence-corrected chi connectivity index (χ4v) is 9.49. The minimum atomic E-state index is -4.19. The van der Waals surface area contributed by atoms with E-state index in [0.29, 0.717) is 17.1 Å². The highest BCUT2D eigenvalue weighted by Crippen LogP contribution is 2.43. The topological polar surface area (TPSA) is 121 Å². The van der Waals surface area contributed by atoms with Gasteiger partial charge < -0.3 is 9.47 Å². The van der Waals surface area contributed by atoms with Crippen LogP contribution < -0.4 is 9.47 Å². The Labute approximate surface area is 289 Å². The van der Waals surface area contributed by atoms with Crippen LogP contribution in [0.2, 0.25) is 0 Å². The Morgan fingerprint density at radius 2 is 0.898 bits per heavy atom. The van der Waals surface area contributed by atoms with Crippen molar-refractivity contribution in [1.82, 2.24) is 0 Å². The van der Waals surface area contributed by atoms with Gasteiger partial charge in [0, 0.05) is 5.41 Å². The molecular weight excluding hydrogens is 681 g/mol. The van der Waals surface area contributed by atoms with Gasteiger partial charge in [0.05, 0.1) is 36.5 Å². The van der Waals surface area contributed by atoms with E-state index < -0.39 is 40.5 Å². The van der Waals surface area contributed by atoms with Crippen LogP contribution in [0.25, 0.3) is 0 Å². The van der Waals surface area contributed by atoms with E-state index in [4.69, 9.17) is 9.47 Å². The summed E-state index contributed by atoms with van der Waals surface area (Å²) in [6.07, 6.45) is 0. The number of hydrogen-bond donors (Lipinski definition) is 0. The molecule has 0 atom stereocenters. The number of ether oxygens (including phenoxy) is 2. The molecule has 5 aromatic carbocycles. The zero-order valence-corrected chi connectivity index (χ0v) is 30.5. The monoisotopic (exact) mass is 718 g/mol. The van der Waals surface area contributed by atoms with Crippen molar-refractivity contribution in [3.63, 3.8) is 0 Å². The molecule has 11 heteroatoms. The van der Waals surface area contributed by atoms with Crippen molar-refractivity contribution < 1.29 is 34.7 Å². The average Bonchev–Trinajstić information content (AvgIpc) is 3.08. The Balaban J connectivity index is 1.47. The third-order valence-corrected chi connectivity index (χ3v) is 14.4. The van der Waals surface area contributed by atoms with E-state index in [1.807, 2.05) is 34.6 Å². The second kappa shape index (κ2) is 13.1. The van der Waals surface area contributed by atoms with Crippen molar-refractivity contribution in [2.45, 2.75) is 75.0 Å². The maximum Gasteiger partial charge on any atom is 0.207 e. The molecule has 0 heterocycles. The van der Waals surface area contributed by atoms with Crippen molar-refractivity contribution in [3.8, 4) is 11.5 Å². The molecular formula is C38H38O8S3. The van der Waals surface area contributed by atoms with Crippen molar-refractivity contribution in [2.75, 3.05) is 7.11 Å². The number of aryl methyl sites for hydroxylation is 1. The van der Waals surface area contributed by atoms with Crippen LogP contribution in [0.1, 0.15) is 38.8 Å². The van der Waals surface area contributed by atoms with Gasteiger partial charge in [0.15, 0.2) is 0 Å². The van der Waals surface area contributed by atoms with Gasteiger partial charge in [0.1, 0.15) is 17.1 Å². The van der Waals surface area contributed by atoms with Crippen LogP contribution in [0.15, 0.2) is 151 Å². The SMILES string of the molecule is COc1ccc(C(C)(C)C(C)(C)Oc2ccc(S(=O)(=O)c3ccc(C)cc3)cc2)c(S(=O)(=O)c2ccc(S(=O)(=O)c3ccccc3)cc2)c1. The highest BCUT2D eigenvalue weighted by atomic mass is 32.2. The lowest BCUT2D eigenvalue weighted by molar-refractivity contribution is 0.0344. The van der Waals surface area contributed by atoms with Crippen molar-refractivity contribution in [2.24, 2.45) is 0 Å². The number of hydrogen-bond acceptors (Lipinski definition) is 8. The van der Waals surface area contributed by atoms with Crippen LogP contribution in [0.3, 0.4) is 0 Å². The predicted molar refractivity (Wildman–Crippen MR) is 188 cm³/mol. The van der Waals surface area contributed by atoms with Crippen molar-refractivity contribution in [3.05, 3.63) is 132 Å². The van der Waals surface area contributed by atoms with Gasteiger partial charge >= 0.3 is 0 Å². The zero-order valence-electron chi connectivity index (χ0n) is 28.0. The Morgan fingerprint density at radius 3 is 1.39 bits per heavy atom. The number of methoxy groups -OCH3 is 1. The fraction of sp³-hybridized carbons (Fsp3) is 0.211. The van der Waals surface area contributed by atoms with E-state index in [9.17, 15) is 25.3 Å². The molecule has 49 heavy (non-hydrogen) atoms. The van der Waals surface area contributed by atoms with E-state index in [2.05, 4.69) is 0 Å². The molecule has 0 bridgehead atoms. The van der Waals surface area contributed by atoms with E-state index in [1.165, 1.54) is 61.7 Å². The molecule has 5 aromatic rings. The molecule has 0 aliphatic rings. The molecule has 0 spiro atoms. The number of rotatable bonds is 11. The summed E-state index contributed by atoms with van der Waals surface area (Å²) in [6.45, 7) is 9.26. The lowest BCUT2D eigenvalue weighted by Gasteiger charge is -2.43. The van der Waals surface area contributed by atoms with Crippen LogP contribution in [0.4, 0.5) is 0 Å². The molecule has 0 saturated heterocycles. The summed E-state index contributed by atoms with van der Waals surface area (Å²) in [4.78, 5) is 0.268. The summed E-state index contributed by atoms with van der Waals surface area (Å²) in [7, 11) is -10.3. The Morgan fingerprint density at radius 1 is 0.490 bits per heavy atom. The van der Waals surface area contributed by atoms with E-state index in [1.54, 1.807) is 66.7 Å². The Bertz CT molecular complexity index is 2290. The molecule has 0 radical (unpaired) electrons. The van der Waals surface area contributed by atoms with Crippen LogP contribution in [-0.4, -0.2) is 38.0 Å². The highest BCUT2D eigenvalue weighted by molar-refractivity contribution is 7.92. The molecule has 0 unspecified atom stereocenters. The third-order valence-electron chi connectivity index (χ3n) is 8.99. The molecule has 0 aliphatic heterocycles. The molecule has 0 aliphatic carbocycles. The smallest absolute Gasteiger partial charge is 0.207 e. The molecule has 0 amide bonds. The lowest BCUT2D eigenvalue weighted by atomic mass is 9.71. The van der Waals surface area contributed by atoms with Gasteiger partial charge in [-0.1, -0.05) is 55.8 Å². The average molecular weight is 719 g/mol. The maximum atomic E-state index is 14.3. The van der Waals surface area contributed by atoms with E-state index in [0.717, 1.165) is 5.56 Å². The number of sulfone groups is 3. The summed E-state index contributed by atoms with van der Waals surface area (Å²) in [5.74, 6) is 0.722. The standard InChI is InChI=1S/C38H38O8S3/c1-27-12-17-31(18-13-27)48(41,42)32-19-14-28(15-20-32)46-38(4,5)37(2,3)35-25-16-29(45-6)26-36(35)49(43,44)34-23-21-33(22-24-34)47(39,40)30-10-8-7-9-11-30/h7-26H,1-6H3. The minimum Gasteiger partial charge on any atom is -0.497 e. The molecule has 0 N–H and O–H groups in total. The lowest BCUT2D eigenvalue weighted by Crippen LogP contribution is -2.48. The number of benzene rings is 5. The van der Waals surface area contributed by atoms with Gasteiger partial charge in [-0.25, -0.2) is 25.3 Å². The first-order valence-electron chi connectivity index (χ1n) is 15.4. The van der Waals surface area contributed by atoms with Crippen LogP contribution >= 0.6 is 0 Å². The van der Waals surface area contributed by atoms with Gasteiger partial charge in [0.2, 0.25) is 29.5 Å². The molecule has 0 aromatic heterocycles. The first kappa shape index (κ1) is 35.8. The van der Waals surface area contributed by atoms with Gasteiger partial charge in [-0.15, -0.1) is 0 Å². The summed E-state index contributed by atoms with van der Waals surface area (Å²) in [5.41, 5.74) is -0.590. The van der Waals surface area contributed by atoms with Gasteiger partial charge in [-0.3, -0.25) is 0 Å². The zero-order chi connectivity index (χ0) is 35.8. The van der Waals surface area contributed by atoms with Gasteiger partial charge in [0.25, 0.3) is 0 Å². The van der Waals surface area contributed by atoms with Crippen LogP contribution in [-0.2, 0) is 34.9 Å². The fourth-order valence-electron chi connectivity index (χ4n) is 5.32. The largest absolute Gasteiger partial charge is 0.497 e. The van der Waals surface area contributed by atoms with E-state index >= 15 is 0 Å². The minimum absolute atomic E-state index is 0.0215. The third kappa shape index (κ3) is 6.88. The molecule has 0 saturated carbocycles. The second-order valence-corrected chi connectivity index (χ2v) is 18.5. The first-order chi connectivity index (χ1) is 22.9. The van der Waals surface area contributed by atoms with Crippen LogP contribution in [0.5, 0.6) is 11.5 Å². The summed E-state index contributed by atoms with van der Waals surface area (Å²) >= 11 is 0.